The van der Waals surface area contributed by atoms with E-state index in [1.165, 1.54) is 65.7 Å². The van der Waals surface area contributed by atoms with Crippen LogP contribution in [0.5, 0.6) is 0 Å². The third kappa shape index (κ3) is 4.66. The Labute approximate surface area is 187 Å². The largest absolute Gasteiger partial charge is 0.300 e. The third-order valence-electron chi connectivity index (χ3n) is 6.47. The molecule has 0 bridgehead atoms. The molecule has 1 nitrogen and oxygen atoms in total. The van der Waals surface area contributed by atoms with E-state index in [2.05, 4.69) is 77.9 Å². The molecule has 4 aromatic carbocycles. The Hall–Kier alpha value is -2.67. The first-order chi connectivity index (χ1) is 14.5. The minimum Gasteiger partial charge on any atom is -0.300 e. The number of hydrogen-bond acceptors (Lipinski definition) is 1. The normalized spacial score (nSPS) is 11.3. The third-order valence-corrected chi connectivity index (χ3v) is 6.47. The van der Waals surface area contributed by atoms with E-state index in [4.69, 9.17) is 0 Å². The van der Waals surface area contributed by atoms with E-state index in [-0.39, 0.29) is 5.78 Å². The number of carbonyl (C=O) groups excluding carboxylic acids is 1. The molecule has 1 heteroatoms. The van der Waals surface area contributed by atoms with Gasteiger partial charge in [-0.25, -0.2) is 0 Å². The minimum atomic E-state index is 0.287. The van der Waals surface area contributed by atoms with Gasteiger partial charge in [0.25, 0.3) is 0 Å². The van der Waals surface area contributed by atoms with Gasteiger partial charge in [-0.05, 0) is 120 Å². The van der Waals surface area contributed by atoms with Crippen molar-refractivity contribution in [3.05, 3.63) is 69.8 Å². The van der Waals surface area contributed by atoms with Gasteiger partial charge >= 0.3 is 0 Å². The highest BCUT2D eigenvalue weighted by molar-refractivity contribution is 6.26. The van der Waals surface area contributed by atoms with Gasteiger partial charge in [-0.15, -0.1) is 0 Å². The number of carbonyl (C=O) groups is 1. The van der Waals surface area contributed by atoms with Crippen molar-refractivity contribution in [1.82, 2.24) is 0 Å². The molecule has 0 fully saturated rings. The Morgan fingerprint density at radius 2 is 0.742 bits per heavy atom. The van der Waals surface area contributed by atoms with Crippen molar-refractivity contribution in [2.75, 3.05) is 0 Å². The fourth-order valence-electron chi connectivity index (χ4n) is 4.36. The molecule has 31 heavy (non-hydrogen) atoms. The Bertz CT molecular complexity index is 1040. The fraction of sp³-hybridized carbons (Fsp3) is 0.367. The second-order valence-corrected chi connectivity index (χ2v) is 9.75. The zero-order chi connectivity index (χ0) is 23.0. The molecule has 0 radical (unpaired) electrons. The van der Waals surface area contributed by atoms with Crippen molar-refractivity contribution in [2.24, 2.45) is 5.92 Å². The summed E-state index contributed by atoms with van der Waals surface area (Å²) in [7, 11) is 0. The maximum absolute atomic E-state index is 10.3. The first-order valence-electron chi connectivity index (χ1n) is 11.3. The van der Waals surface area contributed by atoms with Gasteiger partial charge in [0.05, 0.1) is 0 Å². The molecule has 4 rings (SSSR count). The van der Waals surface area contributed by atoms with E-state index >= 15 is 0 Å². The van der Waals surface area contributed by atoms with Crippen LogP contribution in [0.3, 0.4) is 0 Å². The van der Waals surface area contributed by atoms with E-state index in [1.54, 1.807) is 6.92 Å². The summed E-state index contributed by atoms with van der Waals surface area (Å²) in [6.07, 6.45) is 0.722. The SMILES string of the molecule is CC(=O)CC(C)C.Cc1cc2c3cc(C)c(C)cc3c3cc(C)c(C)cc3c2cc1C. The molecular formula is C30H36O. The van der Waals surface area contributed by atoms with Crippen LogP contribution in [0.2, 0.25) is 0 Å². The fourth-order valence-corrected chi connectivity index (χ4v) is 4.36. The number of hydrogen-bond donors (Lipinski definition) is 0. The number of ketones is 1. The summed E-state index contributed by atoms with van der Waals surface area (Å²) < 4.78 is 0. The second kappa shape index (κ2) is 8.83. The van der Waals surface area contributed by atoms with Crippen LogP contribution in [-0.2, 0) is 4.79 Å². The molecule has 162 valence electrons. The average molecular weight is 413 g/mol. The number of Topliss-reactive ketones (excluding diaryl/α,β-unsaturated/α-hetero) is 1. The highest BCUT2D eigenvalue weighted by Crippen LogP contribution is 2.38. The van der Waals surface area contributed by atoms with Gasteiger partial charge in [0.1, 0.15) is 5.78 Å². The summed E-state index contributed by atoms with van der Waals surface area (Å²) in [6, 6.07) is 14.2. The maximum Gasteiger partial charge on any atom is 0.130 e. The molecule has 0 aliphatic carbocycles. The van der Waals surface area contributed by atoms with Crippen LogP contribution in [0.25, 0.3) is 32.3 Å². The predicted molar refractivity (Wildman–Crippen MR) is 138 cm³/mol. The topological polar surface area (TPSA) is 17.1 Å². The molecule has 0 amide bonds. The number of benzene rings is 4. The molecule has 0 aliphatic heterocycles. The van der Waals surface area contributed by atoms with E-state index in [0.717, 1.165) is 6.42 Å². The quantitative estimate of drug-likeness (QED) is 0.301. The van der Waals surface area contributed by atoms with E-state index in [9.17, 15) is 4.79 Å². The van der Waals surface area contributed by atoms with Crippen LogP contribution in [0, 0.1) is 47.5 Å². The van der Waals surface area contributed by atoms with Crippen molar-refractivity contribution in [3.63, 3.8) is 0 Å². The lowest BCUT2D eigenvalue weighted by Gasteiger charge is -2.16. The zero-order valence-electron chi connectivity index (χ0n) is 20.7. The molecule has 4 aromatic rings. The Kier molecular flexibility index (Phi) is 6.55. The Balaban J connectivity index is 0.000000339. The van der Waals surface area contributed by atoms with Crippen molar-refractivity contribution >= 4 is 38.1 Å². The summed E-state index contributed by atoms with van der Waals surface area (Å²) in [5.74, 6) is 0.813. The number of aryl methyl sites for hydroxylation is 6. The predicted octanol–water partition coefficient (Wildman–Crippen LogP) is 8.62. The van der Waals surface area contributed by atoms with Crippen LogP contribution in [0.1, 0.15) is 60.6 Å². The van der Waals surface area contributed by atoms with Gasteiger partial charge in [-0.2, -0.15) is 0 Å². The molecule has 0 spiro atoms. The Morgan fingerprint density at radius 1 is 0.548 bits per heavy atom. The molecular weight excluding hydrogens is 376 g/mol. The van der Waals surface area contributed by atoms with E-state index < -0.39 is 0 Å². The van der Waals surface area contributed by atoms with Crippen LogP contribution in [0.15, 0.2) is 36.4 Å². The monoisotopic (exact) mass is 412 g/mol. The van der Waals surface area contributed by atoms with Crippen LogP contribution < -0.4 is 0 Å². The molecule has 0 N–H and O–H groups in total. The average Bonchev–Trinajstić information content (AvgIpc) is 2.66. The number of rotatable bonds is 2. The minimum absolute atomic E-state index is 0.287. The van der Waals surface area contributed by atoms with E-state index in [0.29, 0.717) is 5.92 Å². The van der Waals surface area contributed by atoms with Crippen molar-refractivity contribution in [3.8, 4) is 0 Å². The zero-order valence-corrected chi connectivity index (χ0v) is 20.7. The second-order valence-electron chi connectivity index (χ2n) is 9.75. The van der Waals surface area contributed by atoms with Crippen LogP contribution >= 0.6 is 0 Å². The molecule has 0 unspecified atom stereocenters. The summed E-state index contributed by atoms with van der Waals surface area (Å²) in [6.45, 7) is 19.0. The summed E-state index contributed by atoms with van der Waals surface area (Å²) in [5, 5.41) is 8.29. The van der Waals surface area contributed by atoms with Crippen molar-refractivity contribution < 1.29 is 4.79 Å². The molecule has 0 saturated carbocycles. The molecule has 0 saturated heterocycles. The van der Waals surface area contributed by atoms with Gasteiger partial charge in [0, 0.05) is 6.42 Å². The van der Waals surface area contributed by atoms with Gasteiger partial charge < -0.3 is 4.79 Å². The van der Waals surface area contributed by atoms with Crippen molar-refractivity contribution in [2.45, 2.75) is 68.7 Å². The standard InChI is InChI=1S/C24H24.C6H12O/c1-13-7-19-20(8-14(13)2)22-10-16(4)18(6)12-24(22)23-11-17(5)15(3)9-21(19)23;1-5(2)4-6(3)7/h7-12H,1-6H3;5H,4H2,1-3H3. The molecule has 0 aliphatic rings. The van der Waals surface area contributed by atoms with Gasteiger partial charge in [-0.3, -0.25) is 0 Å². The smallest absolute Gasteiger partial charge is 0.130 e. The summed E-state index contributed by atoms with van der Waals surface area (Å²) in [4.78, 5) is 10.3. The lowest BCUT2D eigenvalue weighted by atomic mass is 9.88. The van der Waals surface area contributed by atoms with Gasteiger partial charge in [-0.1, -0.05) is 50.2 Å². The summed E-state index contributed by atoms with van der Waals surface area (Å²) >= 11 is 0. The van der Waals surface area contributed by atoms with Crippen molar-refractivity contribution in [1.29, 1.82) is 0 Å². The first kappa shape index (κ1) is 23.0. The molecule has 0 heterocycles. The number of fused-ring (bicyclic) bond motifs is 6. The molecule has 0 atom stereocenters. The lowest BCUT2D eigenvalue weighted by Crippen LogP contribution is -1.95. The van der Waals surface area contributed by atoms with Gasteiger partial charge in [0.15, 0.2) is 0 Å². The van der Waals surface area contributed by atoms with Crippen LogP contribution in [0.4, 0.5) is 0 Å². The molecule has 0 aromatic heterocycles. The highest BCUT2D eigenvalue weighted by atomic mass is 16.1. The van der Waals surface area contributed by atoms with Gasteiger partial charge in [0.2, 0.25) is 0 Å². The Morgan fingerprint density at radius 3 is 0.839 bits per heavy atom. The summed E-state index contributed by atoms with van der Waals surface area (Å²) in [5.41, 5.74) is 8.20. The van der Waals surface area contributed by atoms with E-state index in [1.807, 2.05) is 13.8 Å². The highest BCUT2D eigenvalue weighted by Gasteiger charge is 2.12. The van der Waals surface area contributed by atoms with Crippen LogP contribution in [-0.4, -0.2) is 5.78 Å². The first-order valence-corrected chi connectivity index (χ1v) is 11.3. The lowest BCUT2D eigenvalue weighted by molar-refractivity contribution is -0.117. The maximum atomic E-state index is 10.3.